The number of pyridine rings is 1. The van der Waals surface area contributed by atoms with Gasteiger partial charge in [-0.3, -0.25) is 9.78 Å². The van der Waals surface area contributed by atoms with Gasteiger partial charge >= 0.3 is 5.97 Å². The van der Waals surface area contributed by atoms with Crippen molar-refractivity contribution in [1.29, 1.82) is 0 Å². The number of nitrogens with zero attached hydrogens (tertiary/aromatic N) is 2. The topological polar surface area (TPSA) is 99.6 Å². The van der Waals surface area contributed by atoms with E-state index in [4.69, 9.17) is 0 Å². The Morgan fingerprint density at radius 1 is 1.43 bits per heavy atom. The van der Waals surface area contributed by atoms with Crippen molar-refractivity contribution in [1.82, 2.24) is 14.0 Å². The number of piperidine rings is 1. The van der Waals surface area contributed by atoms with Gasteiger partial charge in [0.1, 0.15) is 6.04 Å². The zero-order valence-electron chi connectivity index (χ0n) is 11.8. The van der Waals surface area contributed by atoms with E-state index in [0.717, 1.165) is 16.3 Å². The Hall–Kier alpha value is -1.51. The first-order valence-electron chi connectivity index (χ1n) is 6.83. The van der Waals surface area contributed by atoms with Crippen LogP contribution in [0.1, 0.15) is 37.8 Å². The van der Waals surface area contributed by atoms with Crippen LogP contribution in [0.3, 0.4) is 0 Å². The van der Waals surface area contributed by atoms with Crippen molar-refractivity contribution in [3.05, 3.63) is 30.1 Å². The average Bonchev–Trinajstić information content (AvgIpc) is 2.47. The molecule has 0 aromatic carbocycles. The molecule has 2 heterocycles. The number of aromatic nitrogens is 1. The summed E-state index contributed by atoms with van der Waals surface area (Å²) >= 11 is 0. The van der Waals surface area contributed by atoms with Gasteiger partial charge in [0.25, 0.3) is 10.2 Å². The molecule has 0 amide bonds. The first-order valence-corrected chi connectivity index (χ1v) is 8.27. The van der Waals surface area contributed by atoms with Gasteiger partial charge in [-0.15, -0.1) is 0 Å². The van der Waals surface area contributed by atoms with E-state index in [0.29, 0.717) is 12.8 Å². The lowest BCUT2D eigenvalue weighted by Gasteiger charge is -2.32. The number of nitrogens with one attached hydrogen (secondary N) is 1. The van der Waals surface area contributed by atoms with E-state index in [1.807, 2.05) is 0 Å². The number of aliphatic carboxylic acids is 1. The third-order valence-corrected chi connectivity index (χ3v) is 5.29. The van der Waals surface area contributed by atoms with Gasteiger partial charge in [-0.2, -0.15) is 17.4 Å². The zero-order chi connectivity index (χ0) is 15.5. The van der Waals surface area contributed by atoms with E-state index in [1.165, 1.54) is 0 Å². The molecule has 1 unspecified atom stereocenters. The van der Waals surface area contributed by atoms with Crippen molar-refractivity contribution in [2.24, 2.45) is 0 Å². The second-order valence-corrected chi connectivity index (χ2v) is 6.74. The Balaban J connectivity index is 2.15. The van der Waals surface area contributed by atoms with Crippen LogP contribution in [0.15, 0.2) is 24.5 Å². The molecule has 0 radical (unpaired) electrons. The van der Waals surface area contributed by atoms with Crippen LogP contribution in [0.5, 0.6) is 0 Å². The lowest BCUT2D eigenvalue weighted by molar-refractivity contribution is -0.142. The Bertz CT molecular complexity index is 591. The van der Waals surface area contributed by atoms with Crippen LogP contribution in [0.2, 0.25) is 0 Å². The molecule has 1 aromatic rings. The van der Waals surface area contributed by atoms with E-state index in [2.05, 4.69) is 9.71 Å². The monoisotopic (exact) mass is 313 g/mol. The molecule has 116 valence electrons. The Kier molecular flexibility index (Phi) is 4.92. The minimum absolute atomic E-state index is 0.232. The molecule has 1 saturated heterocycles. The average molecular weight is 313 g/mol. The summed E-state index contributed by atoms with van der Waals surface area (Å²) in [5.74, 6) is -1.10. The van der Waals surface area contributed by atoms with Gasteiger partial charge < -0.3 is 5.11 Å². The van der Waals surface area contributed by atoms with Crippen LogP contribution < -0.4 is 4.72 Å². The third-order valence-electron chi connectivity index (χ3n) is 3.58. The summed E-state index contributed by atoms with van der Waals surface area (Å²) in [6.07, 6.45) is 4.92. The molecule has 1 aliphatic rings. The maximum Gasteiger partial charge on any atom is 0.322 e. The highest BCUT2D eigenvalue weighted by Crippen LogP contribution is 2.22. The lowest BCUT2D eigenvalue weighted by Crippen LogP contribution is -2.52. The van der Waals surface area contributed by atoms with Crippen molar-refractivity contribution in [3.63, 3.8) is 0 Å². The molecule has 1 aliphatic heterocycles. The van der Waals surface area contributed by atoms with Crippen LogP contribution in [0.4, 0.5) is 0 Å². The number of hydrogen-bond donors (Lipinski definition) is 2. The van der Waals surface area contributed by atoms with E-state index < -0.39 is 28.3 Å². The second kappa shape index (κ2) is 6.50. The molecule has 7 nitrogen and oxygen atoms in total. The van der Waals surface area contributed by atoms with Gasteiger partial charge in [0.15, 0.2) is 0 Å². The van der Waals surface area contributed by atoms with Crippen LogP contribution in [0, 0.1) is 0 Å². The van der Waals surface area contributed by atoms with Gasteiger partial charge in [0.2, 0.25) is 0 Å². The summed E-state index contributed by atoms with van der Waals surface area (Å²) in [7, 11) is -3.84. The predicted octanol–water partition coefficient (Wildman–Crippen LogP) is 0.916. The number of hydrogen-bond acceptors (Lipinski definition) is 4. The quantitative estimate of drug-likeness (QED) is 0.842. The van der Waals surface area contributed by atoms with Gasteiger partial charge in [0.05, 0.1) is 0 Å². The van der Waals surface area contributed by atoms with E-state index >= 15 is 0 Å². The first kappa shape index (κ1) is 15.9. The maximum absolute atomic E-state index is 12.4. The third kappa shape index (κ3) is 3.78. The van der Waals surface area contributed by atoms with E-state index in [-0.39, 0.29) is 6.54 Å². The summed E-state index contributed by atoms with van der Waals surface area (Å²) in [5, 5.41) is 9.18. The molecule has 0 aliphatic carbocycles. The van der Waals surface area contributed by atoms with Crippen molar-refractivity contribution in [3.8, 4) is 0 Å². The normalized spacial score (nSPS) is 21.9. The highest BCUT2D eigenvalue weighted by molar-refractivity contribution is 7.87. The molecule has 1 aromatic heterocycles. The molecule has 0 spiro atoms. The minimum atomic E-state index is -3.84. The standard InChI is InChI=1S/C13H19N3O4S/c1-10(11-5-7-14-8-6-11)15-21(19,20)16-9-3-2-4-12(16)13(17)18/h5-8,10,12,15H,2-4,9H2,1H3,(H,17,18)/t10-,12?/m0/s1. The second-order valence-electron chi connectivity index (χ2n) is 5.09. The molecule has 2 N–H and O–H groups in total. The molecule has 2 atom stereocenters. The van der Waals surface area contributed by atoms with Crippen molar-refractivity contribution in [2.75, 3.05) is 6.54 Å². The Morgan fingerprint density at radius 3 is 2.71 bits per heavy atom. The number of carboxylic acid groups (broad SMARTS) is 1. The van der Waals surface area contributed by atoms with Crippen LogP contribution >= 0.6 is 0 Å². The Morgan fingerprint density at radius 2 is 2.10 bits per heavy atom. The van der Waals surface area contributed by atoms with E-state index in [9.17, 15) is 18.3 Å². The Labute approximate surface area is 124 Å². The predicted molar refractivity (Wildman–Crippen MR) is 76.7 cm³/mol. The number of rotatable bonds is 5. The summed E-state index contributed by atoms with van der Waals surface area (Å²) in [4.78, 5) is 15.1. The van der Waals surface area contributed by atoms with Crippen molar-refractivity contribution < 1.29 is 18.3 Å². The fraction of sp³-hybridized carbons (Fsp3) is 0.538. The van der Waals surface area contributed by atoms with Gasteiger partial charge in [0, 0.05) is 25.0 Å². The minimum Gasteiger partial charge on any atom is -0.480 e. The molecule has 8 heteroatoms. The molecule has 2 rings (SSSR count). The molecule has 0 saturated carbocycles. The van der Waals surface area contributed by atoms with Crippen molar-refractivity contribution in [2.45, 2.75) is 38.3 Å². The number of carboxylic acids is 1. The summed E-state index contributed by atoms with van der Waals surface area (Å²) in [6, 6.07) is 2.01. The molecule has 21 heavy (non-hydrogen) atoms. The molecular weight excluding hydrogens is 294 g/mol. The van der Waals surface area contributed by atoms with Crippen molar-refractivity contribution >= 4 is 16.2 Å². The van der Waals surface area contributed by atoms with Gasteiger partial charge in [-0.05, 0) is 43.9 Å². The fourth-order valence-electron chi connectivity index (χ4n) is 2.45. The van der Waals surface area contributed by atoms with Gasteiger partial charge in [-0.25, -0.2) is 0 Å². The smallest absolute Gasteiger partial charge is 0.322 e. The zero-order valence-corrected chi connectivity index (χ0v) is 12.6. The lowest BCUT2D eigenvalue weighted by atomic mass is 10.1. The SMILES string of the molecule is C[C@H](NS(=O)(=O)N1CCCCC1C(=O)O)c1ccncc1. The largest absolute Gasteiger partial charge is 0.480 e. The maximum atomic E-state index is 12.4. The highest BCUT2D eigenvalue weighted by Gasteiger charge is 2.37. The summed E-state index contributed by atoms with van der Waals surface area (Å²) < 4.78 is 28.4. The number of carbonyl (C=O) groups is 1. The first-order chi connectivity index (χ1) is 9.92. The van der Waals surface area contributed by atoms with Crippen LogP contribution in [-0.4, -0.2) is 41.4 Å². The molecule has 0 bridgehead atoms. The molecule has 1 fully saturated rings. The highest BCUT2D eigenvalue weighted by atomic mass is 32.2. The fourth-order valence-corrected chi connectivity index (χ4v) is 4.07. The summed E-state index contributed by atoms with van der Waals surface area (Å²) in [5.41, 5.74) is 0.775. The van der Waals surface area contributed by atoms with Gasteiger partial charge in [-0.1, -0.05) is 0 Å². The van der Waals surface area contributed by atoms with Crippen LogP contribution in [0.25, 0.3) is 0 Å². The van der Waals surface area contributed by atoms with Crippen LogP contribution in [-0.2, 0) is 15.0 Å². The van der Waals surface area contributed by atoms with E-state index in [1.54, 1.807) is 31.5 Å². The molecular formula is C13H19N3O4S. The summed E-state index contributed by atoms with van der Waals surface area (Å²) in [6.45, 7) is 1.95.